The molecule has 3 rings (SSSR count). The van der Waals surface area contributed by atoms with E-state index in [0.717, 1.165) is 0 Å². The van der Waals surface area contributed by atoms with Gasteiger partial charge < -0.3 is 24.0 Å². The van der Waals surface area contributed by atoms with Gasteiger partial charge in [-0.2, -0.15) is 0 Å². The van der Waals surface area contributed by atoms with Crippen molar-refractivity contribution in [2.24, 2.45) is 0 Å². The fourth-order valence-electron chi connectivity index (χ4n) is 2.48. The predicted molar refractivity (Wildman–Crippen MR) is 93.4 cm³/mol. The summed E-state index contributed by atoms with van der Waals surface area (Å²) in [7, 11) is 0. The summed E-state index contributed by atoms with van der Waals surface area (Å²) in [6, 6.07) is 10.8. The number of carbonyl (C=O) groups is 1. The number of furan rings is 1. The van der Waals surface area contributed by atoms with Crippen molar-refractivity contribution < 1.29 is 23.6 Å². The number of carbonyl (C=O) groups excluding carboxylic acids is 1. The van der Waals surface area contributed by atoms with Crippen LogP contribution >= 0.6 is 0 Å². The molecule has 0 radical (unpaired) electrons. The van der Waals surface area contributed by atoms with Crippen LogP contribution in [0.2, 0.25) is 0 Å². The molecule has 27 heavy (non-hydrogen) atoms. The van der Waals surface area contributed by atoms with Gasteiger partial charge in [0.15, 0.2) is 5.82 Å². The second kappa shape index (κ2) is 8.17. The van der Waals surface area contributed by atoms with Crippen molar-refractivity contribution in [3.63, 3.8) is 0 Å². The summed E-state index contributed by atoms with van der Waals surface area (Å²) >= 11 is 0. The van der Waals surface area contributed by atoms with Gasteiger partial charge in [-0.1, -0.05) is 18.2 Å². The minimum absolute atomic E-state index is 0.0442. The molecule has 0 aliphatic rings. The fourth-order valence-corrected chi connectivity index (χ4v) is 2.48. The van der Waals surface area contributed by atoms with Crippen LogP contribution in [0.3, 0.4) is 0 Å². The highest BCUT2D eigenvalue weighted by Crippen LogP contribution is 2.17. The Morgan fingerprint density at radius 3 is 2.81 bits per heavy atom. The van der Waals surface area contributed by atoms with Gasteiger partial charge in [0, 0.05) is 12.5 Å². The molecule has 0 unspecified atom stereocenters. The monoisotopic (exact) mass is 371 g/mol. The van der Waals surface area contributed by atoms with Gasteiger partial charge in [0.1, 0.15) is 31.7 Å². The number of hydrogen-bond donors (Lipinski definition) is 0. The average molecular weight is 371 g/mol. The zero-order valence-corrected chi connectivity index (χ0v) is 14.5. The van der Waals surface area contributed by atoms with E-state index in [2.05, 4.69) is 4.98 Å². The molecule has 0 amide bonds. The molecular weight excluding hydrogens is 354 g/mol. The lowest BCUT2D eigenvalue weighted by molar-refractivity contribution is -0.392. The second-order valence-electron chi connectivity index (χ2n) is 5.58. The predicted octanol–water partition coefficient (Wildman–Crippen LogP) is 3.13. The lowest BCUT2D eigenvalue weighted by atomic mass is 10.2. The highest BCUT2D eigenvalue weighted by atomic mass is 16.6. The van der Waals surface area contributed by atoms with Crippen LogP contribution in [0, 0.1) is 17.0 Å². The number of ether oxygens (including phenoxy) is 2. The summed E-state index contributed by atoms with van der Waals surface area (Å²) in [5.74, 6) is 0.363. The average Bonchev–Trinajstić information content (AvgIpc) is 3.28. The maximum absolute atomic E-state index is 12.2. The Labute approximate surface area is 154 Å². The van der Waals surface area contributed by atoms with Crippen molar-refractivity contribution in [3.8, 4) is 5.75 Å². The van der Waals surface area contributed by atoms with Crippen LogP contribution in [0.5, 0.6) is 5.75 Å². The standard InChI is InChI=1S/C18H17N3O6/c1-13-19-11-16(21(23)24)20(13)8-10-26-18(22)17-14(7-9-25-17)12-27-15-5-3-2-4-6-15/h2-7,9,11H,8,10,12H2,1H3. The molecule has 2 aromatic heterocycles. The van der Waals surface area contributed by atoms with Crippen molar-refractivity contribution in [1.29, 1.82) is 0 Å². The van der Waals surface area contributed by atoms with Crippen molar-refractivity contribution >= 4 is 11.8 Å². The van der Waals surface area contributed by atoms with Crippen LogP contribution < -0.4 is 4.74 Å². The molecule has 9 nitrogen and oxygen atoms in total. The lowest BCUT2D eigenvalue weighted by Gasteiger charge is -2.07. The molecule has 0 atom stereocenters. The first-order valence-electron chi connectivity index (χ1n) is 8.14. The maximum atomic E-state index is 12.2. The Bertz CT molecular complexity index is 932. The Balaban J connectivity index is 1.57. The highest BCUT2D eigenvalue weighted by molar-refractivity contribution is 5.87. The summed E-state index contributed by atoms with van der Waals surface area (Å²) < 4.78 is 17.4. The summed E-state index contributed by atoms with van der Waals surface area (Å²) in [5, 5.41) is 11.0. The van der Waals surface area contributed by atoms with Crippen LogP contribution in [0.4, 0.5) is 5.82 Å². The van der Waals surface area contributed by atoms with E-state index >= 15 is 0 Å². The summed E-state index contributed by atoms with van der Waals surface area (Å²) in [4.78, 5) is 26.6. The molecule has 1 aromatic carbocycles. The minimum Gasteiger partial charge on any atom is -0.489 e. The fraction of sp³-hybridized carbons (Fsp3) is 0.222. The SMILES string of the molecule is Cc1ncc([N+](=O)[O-])n1CCOC(=O)c1occc1COc1ccccc1. The smallest absolute Gasteiger partial charge is 0.374 e. The zero-order chi connectivity index (χ0) is 19.2. The largest absolute Gasteiger partial charge is 0.489 e. The first kappa shape index (κ1) is 18.2. The molecule has 140 valence electrons. The van der Waals surface area contributed by atoms with E-state index in [-0.39, 0.29) is 31.3 Å². The third kappa shape index (κ3) is 4.32. The van der Waals surface area contributed by atoms with E-state index in [4.69, 9.17) is 13.9 Å². The quantitative estimate of drug-likeness (QED) is 0.340. The Morgan fingerprint density at radius 2 is 2.07 bits per heavy atom. The number of nitrogens with zero attached hydrogens (tertiary/aromatic N) is 3. The molecule has 3 aromatic rings. The highest BCUT2D eigenvalue weighted by Gasteiger charge is 2.20. The van der Waals surface area contributed by atoms with Gasteiger partial charge in [0.05, 0.1) is 6.26 Å². The maximum Gasteiger partial charge on any atom is 0.374 e. The van der Waals surface area contributed by atoms with Crippen LogP contribution in [-0.2, 0) is 17.9 Å². The number of aromatic nitrogens is 2. The van der Waals surface area contributed by atoms with Gasteiger partial charge in [-0.25, -0.2) is 14.3 Å². The molecular formula is C18H17N3O6. The number of esters is 1. The van der Waals surface area contributed by atoms with E-state index in [1.54, 1.807) is 25.1 Å². The molecule has 0 aliphatic heterocycles. The topological polar surface area (TPSA) is 110 Å². The van der Waals surface area contributed by atoms with E-state index < -0.39 is 10.9 Å². The first-order valence-corrected chi connectivity index (χ1v) is 8.14. The number of benzene rings is 1. The molecule has 0 bridgehead atoms. The van der Waals surface area contributed by atoms with Gasteiger partial charge in [0.25, 0.3) is 0 Å². The first-order chi connectivity index (χ1) is 13.1. The van der Waals surface area contributed by atoms with Gasteiger partial charge in [-0.05, 0) is 23.1 Å². The molecule has 0 aliphatic carbocycles. The molecule has 0 saturated heterocycles. The van der Waals surface area contributed by atoms with Crippen LogP contribution in [-0.4, -0.2) is 27.1 Å². The van der Waals surface area contributed by atoms with E-state index in [0.29, 0.717) is 17.1 Å². The number of para-hydroxylation sites is 1. The van der Waals surface area contributed by atoms with Crippen LogP contribution in [0.15, 0.2) is 53.3 Å². The summed E-state index contributed by atoms with van der Waals surface area (Å²) in [6.07, 6.45) is 2.55. The van der Waals surface area contributed by atoms with Gasteiger partial charge >= 0.3 is 11.8 Å². The van der Waals surface area contributed by atoms with Crippen molar-refractivity contribution in [2.45, 2.75) is 20.1 Å². The molecule has 0 saturated carbocycles. The third-order valence-electron chi connectivity index (χ3n) is 3.84. The zero-order valence-electron chi connectivity index (χ0n) is 14.5. The molecule has 0 N–H and O–H groups in total. The minimum atomic E-state index is -0.660. The van der Waals surface area contributed by atoms with Gasteiger partial charge in [-0.15, -0.1) is 0 Å². The number of imidazole rings is 1. The lowest BCUT2D eigenvalue weighted by Crippen LogP contribution is -2.14. The third-order valence-corrected chi connectivity index (χ3v) is 3.84. The Morgan fingerprint density at radius 1 is 1.30 bits per heavy atom. The molecule has 9 heteroatoms. The van der Waals surface area contributed by atoms with Crippen molar-refractivity contribution in [3.05, 3.63) is 76.1 Å². The van der Waals surface area contributed by atoms with Crippen LogP contribution in [0.1, 0.15) is 21.9 Å². The number of rotatable bonds is 8. The normalized spacial score (nSPS) is 10.6. The second-order valence-corrected chi connectivity index (χ2v) is 5.58. The Hall–Kier alpha value is -3.62. The van der Waals surface area contributed by atoms with Crippen molar-refractivity contribution in [1.82, 2.24) is 9.55 Å². The van der Waals surface area contributed by atoms with Crippen molar-refractivity contribution in [2.75, 3.05) is 6.61 Å². The van der Waals surface area contributed by atoms with E-state index in [1.165, 1.54) is 17.0 Å². The number of aryl methyl sites for hydroxylation is 1. The van der Waals surface area contributed by atoms with Gasteiger partial charge in [-0.3, -0.25) is 0 Å². The van der Waals surface area contributed by atoms with Crippen LogP contribution in [0.25, 0.3) is 0 Å². The molecule has 0 spiro atoms. The van der Waals surface area contributed by atoms with E-state index in [1.807, 2.05) is 18.2 Å². The molecule has 0 fully saturated rings. The molecule has 2 heterocycles. The summed E-state index contributed by atoms with van der Waals surface area (Å²) in [5.41, 5.74) is 0.550. The number of hydrogen-bond acceptors (Lipinski definition) is 7. The summed E-state index contributed by atoms with van der Waals surface area (Å²) in [6.45, 7) is 1.85. The van der Waals surface area contributed by atoms with E-state index in [9.17, 15) is 14.9 Å². The Kier molecular flexibility index (Phi) is 5.50. The van der Waals surface area contributed by atoms with Gasteiger partial charge in [0.2, 0.25) is 5.76 Å². The number of nitro groups is 1.